The number of benzene rings is 1. The normalized spacial score (nSPS) is 14.4. The summed E-state index contributed by atoms with van der Waals surface area (Å²) in [7, 11) is 0. The van der Waals surface area contributed by atoms with Gasteiger partial charge in [0.05, 0.1) is 25.4 Å². The maximum absolute atomic E-state index is 10.6. The average Bonchev–Trinajstić information content (AvgIpc) is 2.38. The monoisotopic (exact) mass is 252 g/mol. The zero-order valence-corrected chi connectivity index (χ0v) is 11.1. The van der Waals surface area contributed by atoms with E-state index in [2.05, 4.69) is 6.92 Å². The van der Waals surface area contributed by atoms with Gasteiger partial charge in [-0.15, -0.1) is 0 Å². The molecule has 0 aromatic heterocycles. The van der Waals surface area contributed by atoms with Gasteiger partial charge in [-0.05, 0) is 12.0 Å². The third-order valence-electron chi connectivity index (χ3n) is 2.98. The Labute approximate surface area is 109 Å². The number of ether oxygens (including phenoxy) is 1. The third-order valence-corrected chi connectivity index (χ3v) is 2.98. The minimum atomic E-state index is -0.827. The number of hydrogen-bond acceptors (Lipinski definition) is 3. The molecule has 1 rings (SSSR count). The Bertz CT molecular complexity index is 313. The van der Waals surface area contributed by atoms with E-state index in [0.29, 0.717) is 6.42 Å². The summed E-state index contributed by atoms with van der Waals surface area (Å²) in [6.07, 6.45) is 3.35. The molecule has 0 fully saturated rings. The molecule has 102 valence electrons. The summed E-state index contributed by atoms with van der Waals surface area (Å²) in [4.78, 5) is 0. The topological polar surface area (TPSA) is 49.7 Å². The van der Waals surface area contributed by atoms with Gasteiger partial charge in [-0.2, -0.15) is 0 Å². The molecule has 0 heterocycles. The molecule has 0 aliphatic rings. The zero-order valence-electron chi connectivity index (χ0n) is 11.1. The van der Waals surface area contributed by atoms with Crippen LogP contribution in [0, 0.1) is 0 Å². The maximum Gasteiger partial charge on any atom is 0.0920 e. The van der Waals surface area contributed by atoms with Crippen molar-refractivity contribution in [3.63, 3.8) is 0 Å². The second-order valence-corrected chi connectivity index (χ2v) is 4.77. The largest absolute Gasteiger partial charge is 0.394 e. The molecule has 1 atom stereocenters. The van der Waals surface area contributed by atoms with Crippen molar-refractivity contribution < 1.29 is 14.9 Å². The van der Waals surface area contributed by atoms with Crippen molar-refractivity contribution in [1.29, 1.82) is 0 Å². The van der Waals surface area contributed by atoms with E-state index in [4.69, 9.17) is 9.84 Å². The van der Waals surface area contributed by atoms with Crippen LogP contribution in [-0.4, -0.2) is 35.6 Å². The smallest absolute Gasteiger partial charge is 0.0920 e. The minimum absolute atomic E-state index is 0.00477. The molecule has 0 aliphatic heterocycles. The fraction of sp³-hybridized carbons (Fsp3) is 0.600. The molecule has 3 nitrogen and oxygen atoms in total. The van der Waals surface area contributed by atoms with Crippen molar-refractivity contribution in [3.05, 3.63) is 35.9 Å². The molecule has 2 N–H and O–H groups in total. The van der Waals surface area contributed by atoms with Crippen LogP contribution in [0.4, 0.5) is 0 Å². The van der Waals surface area contributed by atoms with Gasteiger partial charge in [0.25, 0.3) is 0 Å². The van der Waals surface area contributed by atoms with Gasteiger partial charge in [-0.3, -0.25) is 0 Å². The molecule has 0 saturated carbocycles. The van der Waals surface area contributed by atoms with Gasteiger partial charge in [0.1, 0.15) is 0 Å². The summed E-state index contributed by atoms with van der Waals surface area (Å²) in [6, 6.07) is 9.96. The minimum Gasteiger partial charge on any atom is -0.394 e. The lowest BCUT2D eigenvalue weighted by atomic mass is 9.90. The first-order valence-corrected chi connectivity index (χ1v) is 6.65. The molecule has 0 radical (unpaired) electrons. The number of aliphatic hydroxyl groups is 2. The predicted molar refractivity (Wildman–Crippen MR) is 72.5 cm³/mol. The third kappa shape index (κ3) is 5.63. The van der Waals surface area contributed by atoms with E-state index in [9.17, 15) is 5.11 Å². The fourth-order valence-electron chi connectivity index (χ4n) is 2.02. The van der Waals surface area contributed by atoms with Crippen molar-refractivity contribution in [2.75, 3.05) is 19.8 Å². The highest BCUT2D eigenvalue weighted by Crippen LogP contribution is 2.20. The quantitative estimate of drug-likeness (QED) is 0.662. The standard InChI is InChI=1S/C15H24O3/c1-2-3-9-15(17,13-18-11-10-16)12-14-7-5-4-6-8-14/h4-8,16-17H,2-3,9-13H2,1H3. The summed E-state index contributed by atoms with van der Waals surface area (Å²) in [5.41, 5.74) is 0.288. The Balaban J connectivity index is 2.58. The van der Waals surface area contributed by atoms with E-state index in [1.165, 1.54) is 0 Å². The second-order valence-electron chi connectivity index (χ2n) is 4.77. The molecule has 0 aliphatic carbocycles. The molecular weight excluding hydrogens is 228 g/mol. The number of unbranched alkanes of at least 4 members (excludes halogenated alkanes) is 1. The first-order valence-electron chi connectivity index (χ1n) is 6.65. The summed E-state index contributed by atoms with van der Waals surface area (Å²) < 4.78 is 5.32. The Morgan fingerprint density at radius 2 is 1.94 bits per heavy atom. The number of rotatable bonds is 9. The molecule has 1 aromatic rings. The summed E-state index contributed by atoms with van der Waals surface area (Å²) in [5.74, 6) is 0. The highest BCUT2D eigenvalue weighted by atomic mass is 16.5. The van der Waals surface area contributed by atoms with Gasteiger partial charge < -0.3 is 14.9 Å². The van der Waals surface area contributed by atoms with Gasteiger partial charge in [-0.1, -0.05) is 50.1 Å². The first-order chi connectivity index (χ1) is 8.70. The highest BCUT2D eigenvalue weighted by Gasteiger charge is 2.26. The van der Waals surface area contributed by atoms with E-state index < -0.39 is 5.60 Å². The van der Waals surface area contributed by atoms with Crippen LogP contribution in [0.1, 0.15) is 31.7 Å². The van der Waals surface area contributed by atoms with E-state index >= 15 is 0 Å². The average molecular weight is 252 g/mol. The maximum atomic E-state index is 10.6. The molecule has 0 spiro atoms. The fourth-order valence-corrected chi connectivity index (χ4v) is 2.02. The first kappa shape index (κ1) is 15.2. The molecular formula is C15H24O3. The SMILES string of the molecule is CCCCC(O)(COCCO)Cc1ccccc1. The lowest BCUT2D eigenvalue weighted by Crippen LogP contribution is -2.37. The van der Waals surface area contributed by atoms with Gasteiger partial charge >= 0.3 is 0 Å². The lowest BCUT2D eigenvalue weighted by molar-refractivity contribution is -0.0582. The molecule has 18 heavy (non-hydrogen) atoms. The van der Waals surface area contributed by atoms with Gasteiger partial charge in [0.2, 0.25) is 0 Å². The number of hydrogen-bond donors (Lipinski definition) is 2. The Kier molecular flexibility index (Phi) is 6.94. The van der Waals surface area contributed by atoms with Crippen molar-refractivity contribution in [2.45, 2.75) is 38.2 Å². The van der Waals surface area contributed by atoms with Crippen molar-refractivity contribution in [3.8, 4) is 0 Å². The molecule has 1 aromatic carbocycles. The molecule has 0 bridgehead atoms. The summed E-state index contributed by atoms with van der Waals surface area (Å²) in [5, 5.41) is 19.3. The van der Waals surface area contributed by atoms with Crippen molar-refractivity contribution in [2.24, 2.45) is 0 Å². The van der Waals surface area contributed by atoms with Crippen LogP contribution in [-0.2, 0) is 11.2 Å². The van der Waals surface area contributed by atoms with Crippen LogP contribution in [0.3, 0.4) is 0 Å². The van der Waals surface area contributed by atoms with Gasteiger partial charge in [0, 0.05) is 6.42 Å². The van der Waals surface area contributed by atoms with E-state index in [1.807, 2.05) is 30.3 Å². The Hall–Kier alpha value is -0.900. The van der Waals surface area contributed by atoms with Crippen LogP contribution < -0.4 is 0 Å². The van der Waals surface area contributed by atoms with Crippen LogP contribution in [0.15, 0.2) is 30.3 Å². The zero-order chi connectivity index (χ0) is 13.3. The number of aliphatic hydroxyl groups excluding tert-OH is 1. The van der Waals surface area contributed by atoms with Crippen LogP contribution >= 0.6 is 0 Å². The van der Waals surface area contributed by atoms with Crippen molar-refractivity contribution in [1.82, 2.24) is 0 Å². The van der Waals surface area contributed by atoms with E-state index in [0.717, 1.165) is 24.8 Å². The van der Waals surface area contributed by atoms with Gasteiger partial charge in [0.15, 0.2) is 0 Å². The summed E-state index contributed by atoms with van der Waals surface area (Å²) >= 11 is 0. The Morgan fingerprint density at radius 1 is 1.22 bits per heavy atom. The predicted octanol–water partition coefficient (Wildman–Crippen LogP) is 2.16. The molecule has 0 saturated heterocycles. The van der Waals surface area contributed by atoms with Crippen LogP contribution in [0.5, 0.6) is 0 Å². The molecule has 1 unspecified atom stereocenters. The van der Waals surface area contributed by atoms with Crippen molar-refractivity contribution >= 4 is 0 Å². The molecule has 3 heteroatoms. The van der Waals surface area contributed by atoms with Crippen LogP contribution in [0.2, 0.25) is 0 Å². The Morgan fingerprint density at radius 3 is 2.56 bits per heavy atom. The molecule has 0 amide bonds. The van der Waals surface area contributed by atoms with E-state index in [-0.39, 0.29) is 19.8 Å². The second kappa shape index (κ2) is 8.25. The van der Waals surface area contributed by atoms with E-state index in [1.54, 1.807) is 0 Å². The highest BCUT2D eigenvalue weighted by molar-refractivity contribution is 5.17. The lowest BCUT2D eigenvalue weighted by Gasteiger charge is -2.28. The van der Waals surface area contributed by atoms with Gasteiger partial charge in [-0.25, -0.2) is 0 Å². The van der Waals surface area contributed by atoms with Crippen LogP contribution in [0.25, 0.3) is 0 Å². The summed E-state index contributed by atoms with van der Waals surface area (Å²) in [6.45, 7) is 2.67.